The number of hydrogen-bond donors (Lipinski definition) is 2. The molecule has 0 saturated heterocycles. The zero-order valence-electron chi connectivity index (χ0n) is 16.5. The fraction of sp³-hybridized carbons (Fsp3) is 0. The second-order valence-electron chi connectivity index (χ2n) is 6.76. The molecule has 4 aromatic rings. The Balaban J connectivity index is 1.87. The van der Waals surface area contributed by atoms with E-state index < -0.39 is 16.5 Å². The van der Waals surface area contributed by atoms with Gasteiger partial charge in [0.1, 0.15) is 0 Å². The first-order valence-electron chi connectivity index (χ1n) is 9.47. The topological polar surface area (TPSA) is 131 Å². The van der Waals surface area contributed by atoms with Crippen LogP contribution < -0.4 is 5.56 Å². The fourth-order valence-electron chi connectivity index (χ4n) is 3.20. The maximum Gasteiger partial charge on any atom is 0.337 e. The quantitative estimate of drug-likeness (QED) is 0.270. The number of aliphatic imine (C=N–C) groups is 1. The number of hydrogen-bond acceptors (Lipinski definition) is 5. The van der Waals surface area contributed by atoms with Crippen molar-refractivity contribution in [1.82, 2.24) is 9.78 Å². The van der Waals surface area contributed by atoms with Crippen LogP contribution in [-0.4, -0.2) is 32.0 Å². The van der Waals surface area contributed by atoms with Crippen LogP contribution in [0.3, 0.4) is 0 Å². The Kier molecular flexibility index (Phi) is 5.45. The monoisotopic (exact) mass is 428 g/mol. The Morgan fingerprint density at radius 3 is 2.31 bits per heavy atom. The van der Waals surface area contributed by atoms with Crippen molar-refractivity contribution < 1.29 is 14.8 Å². The van der Waals surface area contributed by atoms with E-state index in [9.17, 15) is 24.8 Å². The first-order chi connectivity index (χ1) is 15.5. The van der Waals surface area contributed by atoms with Crippen LogP contribution in [0.15, 0.2) is 88.6 Å². The number of non-ortho nitro benzene ring substituents is 1. The Morgan fingerprint density at radius 1 is 1.00 bits per heavy atom. The molecule has 9 nitrogen and oxygen atoms in total. The van der Waals surface area contributed by atoms with E-state index in [1.165, 1.54) is 47.3 Å². The van der Waals surface area contributed by atoms with E-state index in [1.807, 2.05) is 6.07 Å². The second-order valence-corrected chi connectivity index (χ2v) is 6.76. The molecule has 0 saturated carbocycles. The summed E-state index contributed by atoms with van der Waals surface area (Å²) in [6.07, 6.45) is 1.30. The number of benzene rings is 3. The van der Waals surface area contributed by atoms with Gasteiger partial charge in [-0.1, -0.05) is 30.3 Å². The normalized spacial score (nSPS) is 11.0. The van der Waals surface area contributed by atoms with E-state index in [1.54, 1.807) is 36.4 Å². The Bertz CT molecular complexity index is 1390. The van der Waals surface area contributed by atoms with Crippen LogP contribution >= 0.6 is 0 Å². The SMILES string of the molecule is O=C(O)c1ccccc1N=Cc1c(-c2ccc([N+](=O)[O-])cc2)[nH]n(-c2ccccc2)c1=O. The molecule has 0 bridgehead atoms. The molecular weight excluding hydrogens is 412 g/mol. The van der Waals surface area contributed by atoms with Gasteiger partial charge in [0.05, 0.1) is 33.1 Å². The third-order valence-corrected chi connectivity index (χ3v) is 4.77. The van der Waals surface area contributed by atoms with Crippen LogP contribution in [-0.2, 0) is 0 Å². The lowest BCUT2D eigenvalue weighted by Crippen LogP contribution is -2.17. The molecule has 0 spiro atoms. The first kappa shape index (κ1) is 20.5. The summed E-state index contributed by atoms with van der Waals surface area (Å²) in [5.41, 5.74) is 1.42. The Labute approximate surface area is 181 Å². The molecule has 32 heavy (non-hydrogen) atoms. The molecule has 0 aliphatic carbocycles. The van der Waals surface area contributed by atoms with Crippen molar-refractivity contribution in [2.45, 2.75) is 0 Å². The van der Waals surface area contributed by atoms with E-state index in [0.29, 0.717) is 16.9 Å². The lowest BCUT2D eigenvalue weighted by Gasteiger charge is -2.02. The van der Waals surface area contributed by atoms with E-state index in [4.69, 9.17) is 0 Å². The lowest BCUT2D eigenvalue weighted by molar-refractivity contribution is -0.384. The molecule has 0 unspecified atom stereocenters. The van der Waals surface area contributed by atoms with Crippen molar-refractivity contribution in [2.75, 3.05) is 0 Å². The van der Waals surface area contributed by atoms with Gasteiger partial charge in [0.25, 0.3) is 11.2 Å². The van der Waals surface area contributed by atoms with Gasteiger partial charge >= 0.3 is 5.97 Å². The smallest absolute Gasteiger partial charge is 0.337 e. The summed E-state index contributed by atoms with van der Waals surface area (Å²) in [6.45, 7) is 0. The summed E-state index contributed by atoms with van der Waals surface area (Å²) in [6, 6.07) is 20.8. The highest BCUT2D eigenvalue weighted by Crippen LogP contribution is 2.24. The number of nitrogens with one attached hydrogen (secondary N) is 1. The molecule has 0 aliphatic heterocycles. The van der Waals surface area contributed by atoms with Crippen LogP contribution in [0.4, 0.5) is 11.4 Å². The standard InChI is InChI=1S/C23H16N4O5/c28-22-19(14-24-20-9-5-4-8-18(20)23(29)30)21(15-10-12-17(13-11-15)27(31)32)25-26(22)16-6-2-1-3-7-16/h1-14,25H,(H,29,30). The van der Waals surface area contributed by atoms with Crippen LogP contribution in [0.5, 0.6) is 0 Å². The number of aromatic amines is 1. The zero-order valence-corrected chi connectivity index (χ0v) is 16.5. The molecule has 9 heteroatoms. The molecule has 2 N–H and O–H groups in total. The maximum absolute atomic E-state index is 13.2. The predicted molar refractivity (Wildman–Crippen MR) is 119 cm³/mol. The summed E-state index contributed by atoms with van der Waals surface area (Å²) in [7, 11) is 0. The number of carboxylic acids is 1. The van der Waals surface area contributed by atoms with Crippen LogP contribution in [0.2, 0.25) is 0 Å². The Hall–Kier alpha value is -4.79. The van der Waals surface area contributed by atoms with Gasteiger partial charge in [-0.05, 0) is 36.4 Å². The molecule has 3 aromatic carbocycles. The average molecular weight is 428 g/mol. The summed E-state index contributed by atoms with van der Waals surface area (Å²) in [5.74, 6) is -1.14. The molecule has 0 amide bonds. The van der Waals surface area contributed by atoms with Gasteiger partial charge in [-0.15, -0.1) is 0 Å². The third kappa shape index (κ3) is 3.94. The minimum Gasteiger partial charge on any atom is -0.478 e. The fourth-order valence-corrected chi connectivity index (χ4v) is 3.20. The van der Waals surface area contributed by atoms with Crippen molar-refractivity contribution in [3.63, 3.8) is 0 Å². The van der Waals surface area contributed by atoms with Gasteiger partial charge in [-0.25, -0.2) is 9.48 Å². The summed E-state index contributed by atoms with van der Waals surface area (Å²) >= 11 is 0. The van der Waals surface area contributed by atoms with Crippen molar-refractivity contribution >= 4 is 23.6 Å². The largest absolute Gasteiger partial charge is 0.478 e. The van der Waals surface area contributed by atoms with Crippen LogP contribution in [0.25, 0.3) is 16.9 Å². The highest BCUT2D eigenvalue weighted by atomic mass is 16.6. The molecule has 1 aromatic heterocycles. The maximum atomic E-state index is 13.2. The molecule has 1 heterocycles. The van der Waals surface area contributed by atoms with Crippen molar-refractivity contribution in [3.8, 4) is 16.9 Å². The van der Waals surface area contributed by atoms with Gasteiger partial charge < -0.3 is 5.11 Å². The minimum atomic E-state index is -1.14. The van der Waals surface area contributed by atoms with Crippen LogP contribution in [0, 0.1) is 10.1 Å². The summed E-state index contributed by atoms with van der Waals surface area (Å²) in [5, 5.41) is 23.4. The zero-order chi connectivity index (χ0) is 22.7. The number of nitrogens with zero attached hydrogens (tertiary/aromatic N) is 3. The van der Waals surface area contributed by atoms with Gasteiger partial charge in [-0.2, -0.15) is 0 Å². The van der Waals surface area contributed by atoms with E-state index in [2.05, 4.69) is 10.1 Å². The second kappa shape index (κ2) is 8.52. The van der Waals surface area contributed by atoms with E-state index in [0.717, 1.165) is 0 Å². The van der Waals surface area contributed by atoms with Gasteiger partial charge in [0.2, 0.25) is 0 Å². The highest BCUT2D eigenvalue weighted by Gasteiger charge is 2.17. The van der Waals surface area contributed by atoms with Crippen LogP contribution in [0.1, 0.15) is 15.9 Å². The number of carboxylic acid groups (broad SMARTS) is 1. The average Bonchev–Trinajstić information content (AvgIpc) is 3.14. The van der Waals surface area contributed by atoms with Gasteiger partial charge in [-0.3, -0.25) is 25.0 Å². The number of nitro groups is 1. The molecule has 4 rings (SSSR count). The van der Waals surface area contributed by atoms with Gasteiger partial charge in [0.15, 0.2) is 0 Å². The first-order valence-corrected chi connectivity index (χ1v) is 9.47. The van der Waals surface area contributed by atoms with E-state index in [-0.39, 0.29) is 22.5 Å². The molecule has 0 fully saturated rings. The lowest BCUT2D eigenvalue weighted by atomic mass is 10.1. The number of H-pyrrole nitrogens is 1. The van der Waals surface area contributed by atoms with E-state index >= 15 is 0 Å². The third-order valence-electron chi connectivity index (χ3n) is 4.77. The minimum absolute atomic E-state index is 0.000411. The van der Waals surface area contributed by atoms with Crippen molar-refractivity contribution in [1.29, 1.82) is 0 Å². The highest BCUT2D eigenvalue weighted by molar-refractivity contribution is 5.96. The molecule has 0 radical (unpaired) electrons. The Morgan fingerprint density at radius 2 is 1.66 bits per heavy atom. The molecule has 0 atom stereocenters. The molecular formula is C23H16N4O5. The summed E-state index contributed by atoms with van der Waals surface area (Å²) < 4.78 is 1.33. The molecule has 158 valence electrons. The number of nitro benzene ring substituents is 1. The number of aromatic nitrogens is 2. The summed E-state index contributed by atoms with van der Waals surface area (Å²) in [4.78, 5) is 39.4. The van der Waals surface area contributed by atoms with Gasteiger partial charge in [0, 0.05) is 23.9 Å². The number of rotatable bonds is 6. The number of para-hydroxylation sites is 2. The molecule has 0 aliphatic rings. The number of carbonyl (C=O) groups is 1. The number of aromatic carboxylic acids is 1. The van der Waals surface area contributed by atoms with Crippen molar-refractivity contribution in [3.05, 3.63) is 110 Å². The van der Waals surface area contributed by atoms with Crippen molar-refractivity contribution in [2.24, 2.45) is 4.99 Å². The predicted octanol–water partition coefficient (Wildman–Crippen LogP) is 4.19.